The fraction of sp³-hybridized carbons (Fsp3) is 0.261. The molecule has 0 saturated heterocycles. The molecule has 3 aromatic rings. The molecule has 2 unspecified atom stereocenters. The van der Waals surface area contributed by atoms with Gasteiger partial charge in [-0.15, -0.1) is 0 Å². The minimum atomic E-state index is -4.52. The smallest absolute Gasteiger partial charge is 0.396 e. The van der Waals surface area contributed by atoms with E-state index in [-0.39, 0.29) is 33.8 Å². The number of ether oxygens (including phenoxy) is 2. The first kappa shape index (κ1) is 24.8. The molecule has 2 aromatic heterocycles. The summed E-state index contributed by atoms with van der Waals surface area (Å²) in [6.07, 6.45) is -1.95. The molecular weight excluding hydrogens is 480 g/mol. The molecule has 0 aliphatic carbocycles. The van der Waals surface area contributed by atoms with Crippen LogP contribution in [0.15, 0.2) is 54.9 Å². The molecule has 0 bridgehead atoms. The number of rotatable bonds is 7. The van der Waals surface area contributed by atoms with Gasteiger partial charge in [0.2, 0.25) is 5.88 Å². The van der Waals surface area contributed by atoms with E-state index < -0.39 is 24.0 Å². The fourth-order valence-corrected chi connectivity index (χ4v) is 4.00. The highest BCUT2D eigenvalue weighted by Gasteiger charge is 2.45. The zero-order valence-electron chi connectivity index (χ0n) is 17.6. The van der Waals surface area contributed by atoms with E-state index in [0.717, 1.165) is 0 Å². The largest absolute Gasteiger partial charge is 0.473 e. The van der Waals surface area contributed by atoms with E-state index in [4.69, 9.17) is 27.9 Å². The van der Waals surface area contributed by atoms with Crippen LogP contribution in [0.3, 0.4) is 0 Å². The van der Waals surface area contributed by atoms with Crippen LogP contribution in [0.1, 0.15) is 45.8 Å². The lowest BCUT2D eigenvalue weighted by Gasteiger charge is -2.28. The van der Waals surface area contributed by atoms with Gasteiger partial charge >= 0.3 is 12.1 Å². The Kier molecular flexibility index (Phi) is 7.81. The van der Waals surface area contributed by atoms with Crippen molar-refractivity contribution in [2.75, 3.05) is 7.11 Å². The number of halogens is 5. The quantitative estimate of drug-likeness (QED) is 0.271. The second-order valence-electron chi connectivity index (χ2n) is 7.24. The molecule has 1 aromatic carbocycles. The molecule has 0 fully saturated rings. The van der Waals surface area contributed by atoms with Gasteiger partial charge in [0.15, 0.2) is 0 Å². The Hall–Kier alpha value is -2.84. The number of hydrogen-bond donors (Lipinski definition) is 0. The molecular formula is C23H19Cl2F3N2O3. The van der Waals surface area contributed by atoms with Gasteiger partial charge in [0.25, 0.3) is 0 Å². The molecule has 0 radical (unpaired) electrons. The van der Waals surface area contributed by atoms with E-state index in [2.05, 4.69) is 14.7 Å². The number of aromatic nitrogens is 2. The topological polar surface area (TPSA) is 61.3 Å². The van der Waals surface area contributed by atoms with Crippen molar-refractivity contribution < 1.29 is 27.4 Å². The highest BCUT2D eigenvalue weighted by atomic mass is 35.5. The highest BCUT2D eigenvalue weighted by molar-refractivity contribution is 6.31. The highest BCUT2D eigenvalue weighted by Crippen LogP contribution is 2.46. The summed E-state index contributed by atoms with van der Waals surface area (Å²) in [5.74, 6) is -3.03. The van der Waals surface area contributed by atoms with Crippen LogP contribution >= 0.6 is 23.2 Å². The summed E-state index contributed by atoms with van der Waals surface area (Å²) in [6.45, 7) is 1.55. The SMILES string of the molecule is COC(=O)c1ccc(OCc2ccc(C(C)C(c3ccnc(Cl)c3)C(F)(F)F)c(Cl)c2)nc1. The predicted molar refractivity (Wildman–Crippen MR) is 118 cm³/mol. The number of carbonyl (C=O) groups excluding carboxylic acids is 1. The summed E-state index contributed by atoms with van der Waals surface area (Å²) >= 11 is 12.2. The number of esters is 1. The number of nitrogens with zero attached hydrogens (tertiary/aromatic N) is 2. The van der Waals surface area contributed by atoms with Crippen molar-refractivity contribution in [1.29, 1.82) is 0 Å². The molecule has 3 rings (SSSR count). The van der Waals surface area contributed by atoms with Gasteiger partial charge in [0.1, 0.15) is 11.8 Å². The van der Waals surface area contributed by atoms with Crippen molar-refractivity contribution in [2.24, 2.45) is 0 Å². The molecule has 2 heterocycles. The summed E-state index contributed by atoms with van der Waals surface area (Å²) < 4.78 is 52.0. The standard InChI is InChI=1S/C23H19Cl2F3N2O3/c1-13(21(23(26,27)28)15-7-8-29-19(25)10-15)17-5-3-14(9-18(17)24)12-33-20-6-4-16(11-30-20)22(31)32-2/h3-11,13,21H,12H2,1-2H3. The van der Waals surface area contributed by atoms with Gasteiger partial charge in [-0.1, -0.05) is 42.3 Å². The minimum Gasteiger partial charge on any atom is -0.473 e. The molecule has 10 heteroatoms. The van der Waals surface area contributed by atoms with Crippen molar-refractivity contribution in [3.05, 3.63) is 87.3 Å². The van der Waals surface area contributed by atoms with E-state index in [1.807, 2.05) is 0 Å². The molecule has 174 valence electrons. The first-order valence-electron chi connectivity index (χ1n) is 9.73. The number of hydrogen-bond acceptors (Lipinski definition) is 5. The summed E-state index contributed by atoms with van der Waals surface area (Å²) in [7, 11) is 1.27. The van der Waals surface area contributed by atoms with Gasteiger partial charge in [0, 0.05) is 23.5 Å². The maximum atomic E-state index is 13.9. The van der Waals surface area contributed by atoms with E-state index in [9.17, 15) is 18.0 Å². The van der Waals surface area contributed by atoms with E-state index in [1.165, 1.54) is 50.7 Å². The zero-order valence-corrected chi connectivity index (χ0v) is 19.1. The third-order valence-electron chi connectivity index (χ3n) is 5.06. The van der Waals surface area contributed by atoms with Crippen molar-refractivity contribution >= 4 is 29.2 Å². The molecule has 0 spiro atoms. The van der Waals surface area contributed by atoms with Crippen molar-refractivity contribution in [2.45, 2.75) is 31.5 Å². The average Bonchev–Trinajstić information content (AvgIpc) is 2.76. The Balaban J connectivity index is 1.76. The number of alkyl halides is 3. The van der Waals surface area contributed by atoms with E-state index >= 15 is 0 Å². The summed E-state index contributed by atoms with van der Waals surface area (Å²) in [6, 6.07) is 10.3. The molecule has 0 saturated carbocycles. The number of benzene rings is 1. The molecule has 0 N–H and O–H groups in total. The molecule has 2 atom stereocenters. The number of carbonyl (C=O) groups is 1. The number of pyridine rings is 2. The lowest BCUT2D eigenvalue weighted by atomic mass is 9.82. The monoisotopic (exact) mass is 498 g/mol. The third kappa shape index (κ3) is 6.15. The first-order chi connectivity index (χ1) is 15.6. The van der Waals surface area contributed by atoms with Crippen LogP contribution in [0.4, 0.5) is 13.2 Å². The Labute approximate surface area is 198 Å². The third-order valence-corrected chi connectivity index (χ3v) is 5.60. The Morgan fingerprint density at radius 3 is 2.42 bits per heavy atom. The summed E-state index contributed by atoms with van der Waals surface area (Å²) in [5.41, 5.74) is 1.28. The first-order valence-corrected chi connectivity index (χ1v) is 10.5. The lowest BCUT2D eigenvalue weighted by molar-refractivity contribution is -0.154. The fourth-order valence-electron chi connectivity index (χ4n) is 3.44. The number of methoxy groups -OCH3 is 1. The van der Waals surface area contributed by atoms with Gasteiger partial charge in [-0.05, 0) is 46.9 Å². The zero-order chi connectivity index (χ0) is 24.2. The molecule has 0 amide bonds. The Morgan fingerprint density at radius 1 is 1.09 bits per heavy atom. The van der Waals surface area contributed by atoms with Crippen molar-refractivity contribution in [3.63, 3.8) is 0 Å². The molecule has 5 nitrogen and oxygen atoms in total. The van der Waals surface area contributed by atoms with Crippen LogP contribution in [-0.4, -0.2) is 29.2 Å². The van der Waals surface area contributed by atoms with Crippen LogP contribution in [-0.2, 0) is 11.3 Å². The van der Waals surface area contributed by atoms with Gasteiger partial charge < -0.3 is 9.47 Å². The van der Waals surface area contributed by atoms with Crippen molar-refractivity contribution in [3.8, 4) is 5.88 Å². The van der Waals surface area contributed by atoms with Crippen LogP contribution in [0.2, 0.25) is 10.2 Å². The maximum Gasteiger partial charge on any atom is 0.396 e. The predicted octanol–water partition coefficient (Wildman–Crippen LogP) is 6.60. The normalized spacial score (nSPS) is 13.3. The van der Waals surface area contributed by atoms with Crippen LogP contribution < -0.4 is 4.74 Å². The second-order valence-corrected chi connectivity index (χ2v) is 8.04. The van der Waals surface area contributed by atoms with Gasteiger partial charge in [-0.2, -0.15) is 13.2 Å². The molecule has 33 heavy (non-hydrogen) atoms. The summed E-state index contributed by atoms with van der Waals surface area (Å²) in [4.78, 5) is 19.2. The maximum absolute atomic E-state index is 13.9. The minimum absolute atomic E-state index is 0.0132. The van der Waals surface area contributed by atoms with E-state index in [1.54, 1.807) is 18.2 Å². The van der Waals surface area contributed by atoms with Crippen LogP contribution in [0.5, 0.6) is 5.88 Å². The van der Waals surface area contributed by atoms with Gasteiger partial charge in [-0.3, -0.25) is 0 Å². The second kappa shape index (κ2) is 10.4. The Bertz CT molecular complexity index is 1120. The molecule has 0 aliphatic rings. The Morgan fingerprint density at radius 2 is 1.85 bits per heavy atom. The van der Waals surface area contributed by atoms with Crippen molar-refractivity contribution in [1.82, 2.24) is 9.97 Å². The summed E-state index contributed by atoms with van der Waals surface area (Å²) in [5, 5.41) is 0.174. The van der Waals surface area contributed by atoms with Crippen LogP contribution in [0, 0.1) is 0 Å². The lowest BCUT2D eigenvalue weighted by Crippen LogP contribution is -2.26. The van der Waals surface area contributed by atoms with Crippen LogP contribution in [0.25, 0.3) is 0 Å². The van der Waals surface area contributed by atoms with Gasteiger partial charge in [0.05, 0.1) is 18.6 Å². The van der Waals surface area contributed by atoms with Gasteiger partial charge in [-0.25, -0.2) is 14.8 Å². The molecule has 0 aliphatic heterocycles. The average molecular weight is 499 g/mol. The van der Waals surface area contributed by atoms with E-state index in [0.29, 0.717) is 11.1 Å².